The van der Waals surface area contributed by atoms with Gasteiger partial charge in [-0.15, -0.1) is 0 Å². The molecule has 0 unspecified atom stereocenters. The number of hydrogen-bond acceptors (Lipinski definition) is 1. The second-order valence-electron chi connectivity index (χ2n) is 8.13. The van der Waals surface area contributed by atoms with Crippen molar-refractivity contribution in [2.24, 2.45) is 7.05 Å². The average Bonchev–Trinajstić information content (AvgIpc) is 3.22. The van der Waals surface area contributed by atoms with E-state index < -0.39 is 0 Å². The third kappa shape index (κ3) is 2.19. The van der Waals surface area contributed by atoms with Gasteiger partial charge in [-0.3, -0.25) is 0 Å². The minimum atomic E-state index is 0.737. The SMILES string of the molecule is Cn1c2cc(C3CCCCC3)ccc2c2cc3oc4ccccc4c3cc21. The van der Waals surface area contributed by atoms with Crippen LogP contribution in [0.15, 0.2) is 59.0 Å². The maximum Gasteiger partial charge on any atom is 0.136 e. The molecule has 0 atom stereocenters. The summed E-state index contributed by atoms with van der Waals surface area (Å²) in [5, 5.41) is 5.02. The molecule has 1 aliphatic carbocycles. The summed E-state index contributed by atoms with van der Waals surface area (Å²) < 4.78 is 8.49. The fourth-order valence-electron chi connectivity index (χ4n) is 5.13. The Balaban J connectivity index is 1.62. The molecule has 1 aliphatic rings. The molecule has 27 heavy (non-hydrogen) atoms. The normalized spacial score (nSPS) is 16.2. The number of fused-ring (bicyclic) bond motifs is 6. The van der Waals surface area contributed by atoms with Crippen LogP contribution in [-0.4, -0.2) is 4.57 Å². The fraction of sp³-hybridized carbons (Fsp3) is 0.280. The first-order valence-corrected chi connectivity index (χ1v) is 10.1. The topological polar surface area (TPSA) is 18.1 Å². The highest BCUT2D eigenvalue weighted by molar-refractivity contribution is 6.16. The van der Waals surface area contributed by atoms with Gasteiger partial charge in [-0.05, 0) is 48.6 Å². The van der Waals surface area contributed by atoms with Gasteiger partial charge in [-0.1, -0.05) is 49.6 Å². The van der Waals surface area contributed by atoms with E-state index in [-0.39, 0.29) is 0 Å². The van der Waals surface area contributed by atoms with Gasteiger partial charge in [0.05, 0.1) is 0 Å². The van der Waals surface area contributed by atoms with Crippen LogP contribution >= 0.6 is 0 Å². The van der Waals surface area contributed by atoms with E-state index >= 15 is 0 Å². The van der Waals surface area contributed by atoms with Gasteiger partial charge in [0.25, 0.3) is 0 Å². The Bertz CT molecular complexity index is 1310. The van der Waals surface area contributed by atoms with Crippen molar-refractivity contribution in [1.82, 2.24) is 4.57 Å². The van der Waals surface area contributed by atoms with Gasteiger partial charge in [-0.25, -0.2) is 0 Å². The van der Waals surface area contributed by atoms with E-state index in [0.717, 1.165) is 17.1 Å². The molecule has 2 aromatic heterocycles. The molecule has 3 aromatic carbocycles. The Morgan fingerprint density at radius 3 is 2.44 bits per heavy atom. The fourth-order valence-corrected chi connectivity index (χ4v) is 5.13. The number of aromatic nitrogens is 1. The number of furan rings is 1. The summed E-state index contributed by atoms with van der Waals surface area (Å²) in [6.45, 7) is 0. The molecule has 0 aliphatic heterocycles. The molecule has 0 N–H and O–H groups in total. The predicted molar refractivity (Wildman–Crippen MR) is 114 cm³/mol. The van der Waals surface area contributed by atoms with Crippen molar-refractivity contribution in [3.8, 4) is 0 Å². The summed E-state index contributed by atoms with van der Waals surface area (Å²) in [5.41, 5.74) is 6.08. The molecule has 2 nitrogen and oxygen atoms in total. The largest absolute Gasteiger partial charge is 0.456 e. The second kappa shape index (κ2) is 5.63. The first-order valence-electron chi connectivity index (χ1n) is 10.1. The smallest absolute Gasteiger partial charge is 0.136 e. The van der Waals surface area contributed by atoms with Crippen LogP contribution in [0.5, 0.6) is 0 Å². The molecule has 5 aromatic rings. The molecule has 1 fully saturated rings. The van der Waals surface area contributed by atoms with E-state index in [4.69, 9.17) is 4.42 Å². The molecular weight excluding hydrogens is 330 g/mol. The lowest BCUT2D eigenvalue weighted by Crippen LogP contribution is -2.04. The molecule has 6 rings (SSSR count). The predicted octanol–water partition coefficient (Wildman–Crippen LogP) is 7.28. The quantitative estimate of drug-likeness (QED) is 0.310. The van der Waals surface area contributed by atoms with E-state index in [0.29, 0.717) is 0 Å². The van der Waals surface area contributed by atoms with Crippen LogP contribution in [-0.2, 0) is 7.05 Å². The summed E-state index contributed by atoms with van der Waals surface area (Å²) in [5.74, 6) is 0.737. The van der Waals surface area contributed by atoms with E-state index in [1.54, 1.807) is 0 Å². The van der Waals surface area contributed by atoms with Crippen LogP contribution in [0.25, 0.3) is 43.7 Å². The van der Waals surface area contributed by atoms with Crippen LogP contribution in [0.3, 0.4) is 0 Å². The number of benzene rings is 3. The Morgan fingerprint density at radius 1 is 0.741 bits per heavy atom. The average molecular weight is 353 g/mol. The zero-order chi connectivity index (χ0) is 18.0. The zero-order valence-corrected chi connectivity index (χ0v) is 15.7. The summed E-state index contributed by atoms with van der Waals surface area (Å²) in [6, 6.07) is 20.0. The van der Waals surface area contributed by atoms with Gasteiger partial charge in [0.1, 0.15) is 11.2 Å². The number of aryl methyl sites for hydroxylation is 1. The molecule has 1 saturated carbocycles. The minimum absolute atomic E-state index is 0.737. The lowest BCUT2D eigenvalue weighted by atomic mass is 9.84. The maximum absolute atomic E-state index is 6.13. The molecule has 0 radical (unpaired) electrons. The molecule has 134 valence electrons. The van der Waals surface area contributed by atoms with Gasteiger partial charge in [0.2, 0.25) is 0 Å². The van der Waals surface area contributed by atoms with Crippen LogP contribution < -0.4 is 0 Å². The molecule has 0 spiro atoms. The van der Waals surface area contributed by atoms with E-state index in [1.807, 2.05) is 6.07 Å². The number of nitrogens with zero attached hydrogens (tertiary/aromatic N) is 1. The minimum Gasteiger partial charge on any atom is -0.456 e. The van der Waals surface area contributed by atoms with Gasteiger partial charge >= 0.3 is 0 Å². The Morgan fingerprint density at radius 2 is 1.56 bits per heavy atom. The van der Waals surface area contributed by atoms with Gasteiger partial charge < -0.3 is 8.98 Å². The van der Waals surface area contributed by atoms with E-state index in [1.165, 1.54) is 70.2 Å². The monoisotopic (exact) mass is 353 g/mol. The summed E-state index contributed by atoms with van der Waals surface area (Å²) in [7, 11) is 2.20. The molecule has 0 saturated heterocycles. The molecule has 0 amide bonds. The Kier molecular flexibility index (Phi) is 3.19. The lowest BCUT2D eigenvalue weighted by Gasteiger charge is -2.22. The van der Waals surface area contributed by atoms with Gasteiger partial charge in [0.15, 0.2) is 0 Å². The first kappa shape index (κ1) is 15.3. The van der Waals surface area contributed by atoms with E-state index in [2.05, 4.69) is 60.1 Å². The van der Waals surface area contributed by atoms with Crippen molar-refractivity contribution < 1.29 is 4.42 Å². The van der Waals surface area contributed by atoms with Crippen molar-refractivity contribution in [3.63, 3.8) is 0 Å². The molecule has 0 bridgehead atoms. The van der Waals surface area contributed by atoms with Crippen LogP contribution in [0.4, 0.5) is 0 Å². The second-order valence-corrected chi connectivity index (χ2v) is 8.13. The standard InChI is InChI=1S/C25H23NO/c1-26-22-13-17(16-7-3-2-4-8-16)11-12-18(22)20-15-25-21(14-23(20)26)19-9-5-6-10-24(19)27-25/h5-6,9-16H,2-4,7-8H2,1H3. The van der Waals surface area contributed by atoms with E-state index in [9.17, 15) is 0 Å². The maximum atomic E-state index is 6.13. The van der Waals surface area contributed by atoms with Crippen LogP contribution in [0, 0.1) is 0 Å². The number of hydrogen-bond donors (Lipinski definition) is 0. The summed E-state index contributed by atoms with van der Waals surface area (Å²) in [6.07, 6.45) is 6.84. The third-order valence-corrected chi connectivity index (χ3v) is 6.61. The van der Waals surface area contributed by atoms with Gasteiger partial charge in [-0.2, -0.15) is 0 Å². The highest BCUT2D eigenvalue weighted by Crippen LogP contribution is 2.39. The molecule has 2 heterocycles. The highest BCUT2D eigenvalue weighted by Gasteiger charge is 2.18. The number of rotatable bonds is 1. The van der Waals surface area contributed by atoms with Crippen molar-refractivity contribution >= 4 is 43.7 Å². The van der Waals surface area contributed by atoms with Crippen LogP contribution in [0.2, 0.25) is 0 Å². The molecular formula is C25H23NO. The number of para-hydroxylation sites is 1. The van der Waals surface area contributed by atoms with Crippen molar-refractivity contribution in [2.75, 3.05) is 0 Å². The van der Waals surface area contributed by atoms with Crippen LogP contribution in [0.1, 0.15) is 43.6 Å². The summed E-state index contributed by atoms with van der Waals surface area (Å²) >= 11 is 0. The van der Waals surface area contributed by atoms with Crippen molar-refractivity contribution in [1.29, 1.82) is 0 Å². The van der Waals surface area contributed by atoms with Crippen molar-refractivity contribution in [3.05, 3.63) is 60.2 Å². The Hall–Kier alpha value is -2.74. The van der Waals surface area contributed by atoms with Gasteiger partial charge in [0, 0.05) is 39.6 Å². The summed E-state index contributed by atoms with van der Waals surface area (Å²) in [4.78, 5) is 0. The third-order valence-electron chi connectivity index (χ3n) is 6.61. The molecule has 2 heteroatoms. The Labute approximate surface area is 158 Å². The first-order chi connectivity index (χ1) is 13.3. The highest BCUT2D eigenvalue weighted by atomic mass is 16.3. The zero-order valence-electron chi connectivity index (χ0n) is 15.7. The van der Waals surface area contributed by atoms with Crippen molar-refractivity contribution in [2.45, 2.75) is 38.0 Å². The lowest BCUT2D eigenvalue weighted by molar-refractivity contribution is 0.444.